The van der Waals surface area contributed by atoms with Crippen LogP contribution in [0.1, 0.15) is 69.1 Å². The third-order valence-electron chi connectivity index (χ3n) is 5.25. The summed E-state index contributed by atoms with van der Waals surface area (Å²) < 4.78 is 7.17. The van der Waals surface area contributed by atoms with Crippen molar-refractivity contribution in [1.29, 1.82) is 0 Å². The molecule has 0 aliphatic heterocycles. The van der Waals surface area contributed by atoms with Gasteiger partial charge in [0.15, 0.2) is 0 Å². The van der Waals surface area contributed by atoms with Crippen LogP contribution in [0, 0.1) is 29.9 Å². The van der Waals surface area contributed by atoms with Gasteiger partial charge in [-0.15, -0.1) is 0 Å². The number of benzene rings is 1. The van der Waals surface area contributed by atoms with E-state index in [1.54, 1.807) is 32.0 Å². The van der Waals surface area contributed by atoms with Gasteiger partial charge in [-0.3, -0.25) is 24.4 Å². The van der Waals surface area contributed by atoms with Crippen LogP contribution in [0.15, 0.2) is 24.3 Å². The molecule has 0 saturated carbocycles. The molecule has 1 atom stereocenters. The van der Waals surface area contributed by atoms with E-state index < -0.39 is 16.9 Å². The summed E-state index contributed by atoms with van der Waals surface area (Å²) >= 11 is 0. The lowest BCUT2D eigenvalue weighted by Gasteiger charge is -2.19. The number of nitrogens with one attached hydrogen (secondary N) is 1. The Hall–Kier alpha value is -3.23. The summed E-state index contributed by atoms with van der Waals surface area (Å²) in [4.78, 5) is 36.1. The van der Waals surface area contributed by atoms with Crippen LogP contribution in [-0.2, 0) is 27.3 Å². The maximum Gasteiger partial charge on any atom is 0.308 e. The molecule has 180 valence electrons. The van der Waals surface area contributed by atoms with Crippen LogP contribution in [0.5, 0.6) is 0 Å². The van der Waals surface area contributed by atoms with Crippen molar-refractivity contribution in [2.45, 2.75) is 79.5 Å². The Morgan fingerprint density at radius 2 is 1.85 bits per heavy atom. The average Bonchev–Trinajstić information content (AvgIpc) is 2.97. The molecule has 9 heteroatoms. The number of carbonyl (C=O) groups is 2. The highest BCUT2D eigenvalue weighted by Gasteiger charge is 2.26. The summed E-state index contributed by atoms with van der Waals surface area (Å²) in [6.45, 7) is 12.4. The third-order valence-corrected chi connectivity index (χ3v) is 5.25. The van der Waals surface area contributed by atoms with Crippen molar-refractivity contribution in [2.75, 3.05) is 0 Å². The number of hydrogen-bond acceptors (Lipinski definition) is 6. The van der Waals surface area contributed by atoms with Gasteiger partial charge in [-0.2, -0.15) is 5.10 Å². The number of rotatable bonds is 11. The topological polar surface area (TPSA) is 116 Å². The number of aromatic nitrogens is 2. The highest BCUT2D eigenvalue weighted by molar-refractivity contribution is 5.78. The normalized spacial score (nSPS) is 12.1. The zero-order chi connectivity index (χ0) is 24.7. The zero-order valence-corrected chi connectivity index (χ0v) is 20.3. The van der Waals surface area contributed by atoms with E-state index in [1.165, 1.54) is 6.07 Å². The first kappa shape index (κ1) is 26.0. The minimum Gasteiger partial charge on any atom is -0.463 e. The molecule has 0 bridgehead atoms. The summed E-state index contributed by atoms with van der Waals surface area (Å²) in [5.41, 5.74) is 3.06. The monoisotopic (exact) mass is 458 g/mol. The molecular weight excluding hydrogens is 424 g/mol. The van der Waals surface area contributed by atoms with Crippen LogP contribution in [0.4, 0.5) is 5.69 Å². The fourth-order valence-corrected chi connectivity index (χ4v) is 3.79. The Balaban J connectivity index is 2.18. The number of esters is 1. The Morgan fingerprint density at radius 1 is 1.18 bits per heavy atom. The zero-order valence-electron chi connectivity index (χ0n) is 20.3. The Labute approximate surface area is 194 Å². The van der Waals surface area contributed by atoms with Crippen LogP contribution in [0.2, 0.25) is 0 Å². The number of hydrogen-bond donors (Lipinski definition) is 1. The molecule has 1 heterocycles. The summed E-state index contributed by atoms with van der Waals surface area (Å²) in [5.74, 6) is -0.381. The second-order valence-corrected chi connectivity index (χ2v) is 8.90. The van der Waals surface area contributed by atoms with Crippen molar-refractivity contribution in [2.24, 2.45) is 5.92 Å². The molecule has 0 fully saturated rings. The van der Waals surface area contributed by atoms with Crippen molar-refractivity contribution < 1.29 is 19.2 Å². The molecule has 33 heavy (non-hydrogen) atoms. The highest BCUT2D eigenvalue weighted by atomic mass is 16.6. The van der Waals surface area contributed by atoms with E-state index in [2.05, 4.69) is 24.3 Å². The van der Waals surface area contributed by atoms with Gasteiger partial charge in [0, 0.05) is 24.7 Å². The van der Waals surface area contributed by atoms with Crippen molar-refractivity contribution in [3.8, 4) is 0 Å². The lowest BCUT2D eigenvalue weighted by Crippen LogP contribution is -2.31. The van der Waals surface area contributed by atoms with Crippen LogP contribution < -0.4 is 5.32 Å². The van der Waals surface area contributed by atoms with Crippen LogP contribution in [0.25, 0.3) is 0 Å². The Morgan fingerprint density at radius 3 is 2.45 bits per heavy atom. The quantitative estimate of drug-likeness (QED) is 0.306. The Kier molecular flexibility index (Phi) is 9.13. The number of para-hydroxylation sites is 1. The second kappa shape index (κ2) is 11.6. The van der Waals surface area contributed by atoms with Crippen LogP contribution in [0.3, 0.4) is 0 Å². The van der Waals surface area contributed by atoms with Crippen LogP contribution in [-0.4, -0.2) is 32.7 Å². The number of carbonyl (C=O) groups excluding carboxylic acids is 2. The molecule has 0 aliphatic carbocycles. The predicted octanol–water partition coefficient (Wildman–Crippen LogP) is 4.20. The van der Waals surface area contributed by atoms with E-state index in [0.29, 0.717) is 12.3 Å². The fraction of sp³-hybridized carbons (Fsp3) is 0.542. The van der Waals surface area contributed by atoms with E-state index in [0.717, 1.165) is 23.5 Å². The minimum absolute atomic E-state index is 0.151. The summed E-state index contributed by atoms with van der Waals surface area (Å²) in [7, 11) is 0. The smallest absolute Gasteiger partial charge is 0.308 e. The molecule has 1 unspecified atom stereocenters. The number of aryl methyl sites for hydroxylation is 1. The highest BCUT2D eigenvalue weighted by Crippen LogP contribution is 2.28. The van der Waals surface area contributed by atoms with E-state index in [-0.39, 0.29) is 36.1 Å². The first-order valence-electron chi connectivity index (χ1n) is 11.2. The molecule has 2 aromatic rings. The molecular formula is C24H34N4O5. The predicted molar refractivity (Wildman–Crippen MR) is 125 cm³/mol. The molecule has 1 N–H and O–H groups in total. The number of ether oxygens (including phenoxy) is 1. The number of nitrogens with zero attached hydrogens (tertiary/aromatic N) is 3. The van der Waals surface area contributed by atoms with Crippen molar-refractivity contribution >= 4 is 17.6 Å². The molecule has 0 saturated heterocycles. The van der Waals surface area contributed by atoms with Crippen molar-refractivity contribution in [1.82, 2.24) is 15.1 Å². The van der Waals surface area contributed by atoms with E-state index >= 15 is 0 Å². The number of amides is 1. The van der Waals surface area contributed by atoms with Crippen molar-refractivity contribution in [3.63, 3.8) is 0 Å². The number of nitro benzene ring substituents is 1. The maximum absolute atomic E-state index is 12.8. The maximum atomic E-state index is 12.8. The van der Waals surface area contributed by atoms with Gasteiger partial charge in [0.05, 0.1) is 34.7 Å². The first-order valence-corrected chi connectivity index (χ1v) is 11.2. The average molecular weight is 459 g/mol. The van der Waals surface area contributed by atoms with E-state index in [9.17, 15) is 19.7 Å². The molecule has 0 aliphatic rings. The Bertz CT molecular complexity index is 997. The molecule has 1 aromatic carbocycles. The third kappa shape index (κ3) is 7.40. The van der Waals surface area contributed by atoms with Gasteiger partial charge in [-0.1, -0.05) is 32.0 Å². The standard InChI is InChI=1S/C24H34N4O5/c1-15(2)14-27-18(6)19(17(5)26-27)11-12-23(29)25-21(13-24(30)33-16(3)4)20-9-7-8-10-22(20)28(31)32/h7-10,15-16,21H,11-14H2,1-6H3,(H,25,29). The molecule has 2 rings (SSSR count). The van der Waals surface area contributed by atoms with Gasteiger partial charge in [-0.25, -0.2) is 0 Å². The van der Waals surface area contributed by atoms with E-state index in [1.807, 2.05) is 18.5 Å². The number of nitro groups is 1. The summed E-state index contributed by atoms with van der Waals surface area (Å²) in [6.07, 6.45) is 0.138. The molecule has 1 aromatic heterocycles. The van der Waals surface area contributed by atoms with Gasteiger partial charge in [0.25, 0.3) is 5.69 Å². The van der Waals surface area contributed by atoms with Gasteiger partial charge >= 0.3 is 5.97 Å². The lowest BCUT2D eigenvalue weighted by atomic mass is 10.0. The minimum atomic E-state index is -0.865. The van der Waals surface area contributed by atoms with Gasteiger partial charge in [0.1, 0.15) is 0 Å². The fourth-order valence-electron chi connectivity index (χ4n) is 3.79. The van der Waals surface area contributed by atoms with Gasteiger partial charge in [-0.05, 0) is 45.6 Å². The van der Waals surface area contributed by atoms with Gasteiger partial charge in [0.2, 0.25) is 5.91 Å². The summed E-state index contributed by atoms with van der Waals surface area (Å²) in [6, 6.07) is 5.24. The molecule has 0 spiro atoms. The largest absolute Gasteiger partial charge is 0.463 e. The van der Waals surface area contributed by atoms with Crippen LogP contribution >= 0.6 is 0 Å². The van der Waals surface area contributed by atoms with Crippen molar-refractivity contribution in [3.05, 3.63) is 56.9 Å². The summed E-state index contributed by atoms with van der Waals surface area (Å²) in [5, 5.41) is 18.9. The SMILES string of the molecule is Cc1nn(CC(C)C)c(C)c1CCC(=O)NC(CC(=O)OC(C)C)c1ccccc1[N+](=O)[O-]. The molecule has 0 radical (unpaired) electrons. The van der Waals surface area contributed by atoms with E-state index in [4.69, 9.17) is 4.74 Å². The van der Waals surface area contributed by atoms with Gasteiger partial charge < -0.3 is 10.1 Å². The lowest BCUT2D eigenvalue weighted by molar-refractivity contribution is -0.385. The first-order chi connectivity index (χ1) is 15.5. The second-order valence-electron chi connectivity index (χ2n) is 8.90. The molecule has 1 amide bonds. The molecule has 9 nitrogen and oxygen atoms in total.